The largest absolute Gasteiger partial charge is 0.303 e. The molecule has 0 amide bonds. The fourth-order valence-corrected chi connectivity index (χ4v) is 1.55. The molecule has 92 valence electrons. The van der Waals surface area contributed by atoms with Crippen molar-refractivity contribution in [1.29, 1.82) is 0 Å². The fraction of sp³-hybridized carbons (Fsp3) is 0.769. The van der Waals surface area contributed by atoms with Crippen molar-refractivity contribution < 1.29 is 14.4 Å². The minimum Gasteiger partial charge on any atom is -0.303 e. The van der Waals surface area contributed by atoms with Gasteiger partial charge in [0.15, 0.2) is 0 Å². The van der Waals surface area contributed by atoms with Gasteiger partial charge in [-0.1, -0.05) is 20.3 Å². The van der Waals surface area contributed by atoms with Crippen LogP contribution in [0.2, 0.25) is 0 Å². The quantitative estimate of drug-likeness (QED) is 0.425. The Hall–Kier alpha value is -0.990. The number of rotatable bonds is 10. The number of carbonyl (C=O) groups excluding carboxylic acids is 3. The first-order valence-corrected chi connectivity index (χ1v) is 6.15. The Morgan fingerprint density at radius 1 is 1.06 bits per heavy atom. The number of hydrogen-bond donors (Lipinski definition) is 0. The maximum Gasteiger partial charge on any atom is 0.143 e. The highest BCUT2D eigenvalue weighted by Crippen LogP contribution is 2.11. The van der Waals surface area contributed by atoms with Crippen LogP contribution < -0.4 is 0 Å². The second-order valence-electron chi connectivity index (χ2n) is 4.14. The number of carbonyl (C=O) groups is 3. The molecule has 3 nitrogen and oxygen atoms in total. The topological polar surface area (TPSA) is 51.2 Å². The van der Waals surface area contributed by atoms with Gasteiger partial charge in [-0.2, -0.15) is 0 Å². The van der Waals surface area contributed by atoms with Crippen LogP contribution in [0.1, 0.15) is 58.8 Å². The molecule has 0 aromatic carbocycles. The molecular weight excluding hydrogens is 204 g/mol. The van der Waals surface area contributed by atoms with E-state index in [2.05, 4.69) is 0 Å². The molecular formula is C13H22O3. The summed E-state index contributed by atoms with van der Waals surface area (Å²) in [5, 5.41) is 0. The zero-order valence-corrected chi connectivity index (χ0v) is 10.3. The van der Waals surface area contributed by atoms with Crippen LogP contribution in [0.4, 0.5) is 0 Å². The summed E-state index contributed by atoms with van der Waals surface area (Å²) in [5.41, 5.74) is 0. The number of unbranched alkanes of at least 4 members (excludes halogenated alkanes) is 1. The first-order chi connectivity index (χ1) is 7.65. The molecule has 0 fully saturated rings. The molecule has 0 saturated heterocycles. The number of ketones is 2. The second-order valence-corrected chi connectivity index (χ2v) is 4.14. The summed E-state index contributed by atoms with van der Waals surface area (Å²) in [7, 11) is 0. The van der Waals surface area contributed by atoms with E-state index in [0.29, 0.717) is 32.0 Å². The van der Waals surface area contributed by atoms with E-state index in [4.69, 9.17) is 0 Å². The summed E-state index contributed by atoms with van der Waals surface area (Å²) in [4.78, 5) is 33.5. The van der Waals surface area contributed by atoms with Crippen molar-refractivity contribution in [2.24, 2.45) is 5.92 Å². The van der Waals surface area contributed by atoms with Crippen molar-refractivity contribution >= 4 is 17.9 Å². The van der Waals surface area contributed by atoms with Crippen molar-refractivity contribution in [3.8, 4) is 0 Å². The molecule has 1 atom stereocenters. The van der Waals surface area contributed by atoms with Gasteiger partial charge in [-0.25, -0.2) is 0 Å². The van der Waals surface area contributed by atoms with Gasteiger partial charge in [-0.15, -0.1) is 0 Å². The summed E-state index contributed by atoms with van der Waals surface area (Å²) in [6.45, 7) is 3.94. The van der Waals surface area contributed by atoms with Gasteiger partial charge in [0, 0.05) is 19.3 Å². The Morgan fingerprint density at radius 2 is 1.75 bits per heavy atom. The van der Waals surface area contributed by atoms with Crippen molar-refractivity contribution in [3.63, 3.8) is 0 Å². The Morgan fingerprint density at radius 3 is 2.25 bits per heavy atom. The SMILES string of the molecule is CCCCC(=O)CCC(C=O)C(=O)CCC. The van der Waals surface area contributed by atoms with Crippen LogP contribution in [0.3, 0.4) is 0 Å². The second kappa shape index (κ2) is 9.25. The average molecular weight is 226 g/mol. The predicted molar refractivity (Wildman–Crippen MR) is 63.2 cm³/mol. The predicted octanol–water partition coefficient (Wildman–Crippen LogP) is 2.71. The molecule has 0 aliphatic heterocycles. The summed E-state index contributed by atoms with van der Waals surface area (Å²) in [5.74, 6) is -0.427. The lowest BCUT2D eigenvalue weighted by atomic mass is 9.95. The van der Waals surface area contributed by atoms with Gasteiger partial charge in [0.1, 0.15) is 17.9 Å². The zero-order valence-electron chi connectivity index (χ0n) is 10.3. The van der Waals surface area contributed by atoms with Crippen molar-refractivity contribution in [3.05, 3.63) is 0 Å². The molecule has 16 heavy (non-hydrogen) atoms. The molecule has 0 heterocycles. The van der Waals surface area contributed by atoms with Crippen LogP contribution in [-0.4, -0.2) is 17.9 Å². The lowest BCUT2D eigenvalue weighted by Crippen LogP contribution is -2.17. The number of hydrogen-bond acceptors (Lipinski definition) is 3. The normalized spacial score (nSPS) is 12.1. The number of Topliss-reactive ketones (excluding diaryl/α,β-unsaturated/α-hetero) is 2. The average Bonchev–Trinajstić information content (AvgIpc) is 2.27. The Bertz CT molecular complexity index is 233. The van der Waals surface area contributed by atoms with Gasteiger partial charge >= 0.3 is 0 Å². The van der Waals surface area contributed by atoms with Crippen molar-refractivity contribution in [1.82, 2.24) is 0 Å². The lowest BCUT2D eigenvalue weighted by Gasteiger charge is -2.07. The molecule has 0 N–H and O–H groups in total. The molecule has 0 aliphatic rings. The molecule has 0 aromatic heterocycles. The third-order valence-corrected chi connectivity index (χ3v) is 2.62. The van der Waals surface area contributed by atoms with Gasteiger partial charge in [0.2, 0.25) is 0 Å². The van der Waals surface area contributed by atoms with Gasteiger partial charge in [-0.05, 0) is 19.3 Å². The van der Waals surface area contributed by atoms with Crippen LogP contribution in [0, 0.1) is 5.92 Å². The van der Waals surface area contributed by atoms with E-state index in [0.717, 1.165) is 19.3 Å². The first kappa shape index (κ1) is 15.0. The molecule has 0 saturated carbocycles. The highest BCUT2D eigenvalue weighted by molar-refractivity contribution is 5.93. The first-order valence-electron chi connectivity index (χ1n) is 6.15. The molecule has 0 radical (unpaired) electrons. The highest BCUT2D eigenvalue weighted by Gasteiger charge is 2.17. The number of aldehydes is 1. The Balaban J connectivity index is 3.90. The third kappa shape index (κ3) is 6.49. The van der Waals surface area contributed by atoms with Crippen LogP contribution in [0.5, 0.6) is 0 Å². The molecule has 0 rings (SSSR count). The summed E-state index contributed by atoms with van der Waals surface area (Å²) >= 11 is 0. The molecule has 0 spiro atoms. The minimum atomic E-state index is -0.564. The Labute approximate surface area is 97.6 Å². The van der Waals surface area contributed by atoms with Crippen LogP contribution >= 0.6 is 0 Å². The monoisotopic (exact) mass is 226 g/mol. The minimum absolute atomic E-state index is 0.0270. The Kier molecular flexibility index (Phi) is 8.68. The van der Waals surface area contributed by atoms with Crippen molar-refractivity contribution in [2.75, 3.05) is 0 Å². The van der Waals surface area contributed by atoms with E-state index in [1.54, 1.807) is 0 Å². The fourth-order valence-electron chi connectivity index (χ4n) is 1.55. The van der Waals surface area contributed by atoms with E-state index in [-0.39, 0.29) is 11.6 Å². The third-order valence-electron chi connectivity index (χ3n) is 2.62. The maximum absolute atomic E-state index is 11.5. The molecule has 0 aliphatic carbocycles. The zero-order chi connectivity index (χ0) is 12.4. The molecule has 3 heteroatoms. The highest BCUT2D eigenvalue weighted by atomic mass is 16.1. The van der Waals surface area contributed by atoms with Gasteiger partial charge in [0.25, 0.3) is 0 Å². The van der Waals surface area contributed by atoms with Crippen molar-refractivity contribution in [2.45, 2.75) is 58.8 Å². The van der Waals surface area contributed by atoms with E-state index >= 15 is 0 Å². The van der Waals surface area contributed by atoms with Crippen LogP contribution in [-0.2, 0) is 14.4 Å². The molecule has 1 unspecified atom stereocenters. The maximum atomic E-state index is 11.5. The molecule has 0 bridgehead atoms. The standard InChI is InChI=1S/C13H22O3/c1-3-5-7-12(15)9-8-11(10-14)13(16)6-4-2/h10-11H,3-9H2,1-2H3. The van der Waals surface area contributed by atoms with Crippen LogP contribution in [0.25, 0.3) is 0 Å². The molecule has 0 aromatic rings. The summed E-state index contributed by atoms with van der Waals surface area (Å²) < 4.78 is 0. The van der Waals surface area contributed by atoms with Gasteiger partial charge in [-0.3, -0.25) is 9.59 Å². The summed E-state index contributed by atoms with van der Waals surface area (Å²) in [6, 6.07) is 0. The van der Waals surface area contributed by atoms with E-state index in [1.807, 2.05) is 13.8 Å². The van der Waals surface area contributed by atoms with E-state index < -0.39 is 5.92 Å². The van der Waals surface area contributed by atoms with E-state index in [9.17, 15) is 14.4 Å². The van der Waals surface area contributed by atoms with E-state index in [1.165, 1.54) is 0 Å². The smallest absolute Gasteiger partial charge is 0.143 e. The van der Waals surface area contributed by atoms with Gasteiger partial charge in [0.05, 0.1) is 5.92 Å². The van der Waals surface area contributed by atoms with Crippen LogP contribution in [0.15, 0.2) is 0 Å². The lowest BCUT2D eigenvalue weighted by molar-refractivity contribution is -0.128. The van der Waals surface area contributed by atoms with Gasteiger partial charge < -0.3 is 4.79 Å². The summed E-state index contributed by atoms with van der Waals surface area (Å²) in [6.07, 6.45) is 5.10.